The predicted octanol–water partition coefficient (Wildman–Crippen LogP) is 0.486. The molecular formula is C12H16N2O4S. The highest BCUT2D eigenvalue weighted by Gasteiger charge is 2.23. The Kier molecular flexibility index (Phi) is 3.77. The number of anilines is 1. The maximum Gasteiger partial charge on any atom is 0.241 e. The number of aromatic hydroxyl groups is 1. The Hall–Kier alpha value is -1.60. The summed E-state index contributed by atoms with van der Waals surface area (Å²) in [5.74, 6) is -0.419. The first-order chi connectivity index (χ1) is 8.88. The molecule has 1 aliphatic heterocycles. The van der Waals surface area contributed by atoms with Crippen LogP contribution in [-0.2, 0) is 14.6 Å². The van der Waals surface area contributed by atoms with Gasteiger partial charge < -0.3 is 15.7 Å². The minimum Gasteiger partial charge on any atom is -0.506 e. The van der Waals surface area contributed by atoms with Gasteiger partial charge in [0.25, 0.3) is 0 Å². The van der Waals surface area contributed by atoms with E-state index in [1.807, 2.05) is 0 Å². The van der Waals surface area contributed by atoms with Crippen LogP contribution >= 0.6 is 0 Å². The molecule has 0 unspecified atom stereocenters. The number of amides is 1. The number of rotatable bonds is 3. The second-order valence-corrected chi connectivity index (χ2v) is 6.61. The smallest absolute Gasteiger partial charge is 0.241 e. The number of hydrogen-bond donors (Lipinski definition) is 3. The summed E-state index contributed by atoms with van der Waals surface area (Å²) in [5.41, 5.74) is 0.113. The molecule has 7 heteroatoms. The minimum atomic E-state index is -3.37. The van der Waals surface area contributed by atoms with E-state index in [1.165, 1.54) is 18.2 Å². The average molecular weight is 284 g/mol. The summed E-state index contributed by atoms with van der Waals surface area (Å²) in [5, 5.41) is 15.2. The lowest BCUT2D eigenvalue weighted by Crippen LogP contribution is -2.35. The molecule has 6 nitrogen and oxygen atoms in total. The van der Waals surface area contributed by atoms with Crippen molar-refractivity contribution in [1.29, 1.82) is 0 Å². The van der Waals surface area contributed by atoms with E-state index in [4.69, 9.17) is 0 Å². The van der Waals surface area contributed by atoms with Crippen LogP contribution in [0.2, 0.25) is 0 Å². The van der Waals surface area contributed by atoms with Crippen molar-refractivity contribution in [3.8, 4) is 5.75 Å². The van der Waals surface area contributed by atoms with Crippen LogP contribution in [-0.4, -0.2) is 38.3 Å². The van der Waals surface area contributed by atoms with Gasteiger partial charge in [-0.1, -0.05) is 0 Å². The van der Waals surface area contributed by atoms with Crippen LogP contribution < -0.4 is 10.6 Å². The zero-order valence-corrected chi connectivity index (χ0v) is 11.3. The molecule has 1 aromatic carbocycles. The van der Waals surface area contributed by atoms with Crippen LogP contribution in [0, 0.1) is 0 Å². The lowest BCUT2D eigenvalue weighted by atomic mass is 10.2. The van der Waals surface area contributed by atoms with E-state index in [2.05, 4.69) is 10.6 Å². The van der Waals surface area contributed by atoms with Gasteiger partial charge in [0.1, 0.15) is 5.75 Å². The first-order valence-corrected chi connectivity index (χ1v) is 7.84. The monoisotopic (exact) mass is 284 g/mol. The van der Waals surface area contributed by atoms with Crippen LogP contribution in [0.5, 0.6) is 5.75 Å². The molecule has 0 aromatic heterocycles. The van der Waals surface area contributed by atoms with Crippen molar-refractivity contribution in [2.24, 2.45) is 0 Å². The van der Waals surface area contributed by atoms with Gasteiger partial charge in [0.2, 0.25) is 5.91 Å². The number of carbonyl (C=O) groups excluding carboxylic acids is 1. The SMILES string of the molecule is CS(=O)(=O)c1ccc(O)c(NC(=O)[C@@H]2CCCN2)c1. The molecule has 19 heavy (non-hydrogen) atoms. The van der Waals surface area contributed by atoms with Crippen molar-refractivity contribution in [1.82, 2.24) is 5.32 Å². The summed E-state index contributed by atoms with van der Waals surface area (Å²) in [6.07, 6.45) is 2.73. The predicted molar refractivity (Wildman–Crippen MR) is 70.9 cm³/mol. The molecule has 1 amide bonds. The zero-order chi connectivity index (χ0) is 14.0. The van der Waals surface area contributed by atoms with Gasteiger partial charge in [0, 0.05) is 6.26 Å². The molecule has 1 aliphatic rings. The highest BCUT2D eigenvalue weighted by molar-refractivity contribution is 7.90. The zero-order valence-electron chi connectivity index (χ0n) is 10.5. The summed E-state index contributed by atoms with van der Waals surface area (Å²) in [7, 11) is -3.37. The van der Waals surface area contributed by atoms with Gasteiger partial charge >= 0.3 is 0 Å². The van der Waals surface area contributed by atoms with E-state index in [1.54, 1.807) is 0 Å². The van der Waals surface area contributed by atoms with Crippen LogP contribution in [0.4, 0.5) is 5.69 Å². The van der Waals surface area contributed by atoms with Gasteiger partial charge in [-0.05, 0) is 37.6 Å². The quantitative estimate of drug-likeness (QED) is 0.702. The molecule has 1 saturated heterocycles. The van der Waals surface area contributed by atoms with Crippen molar-refractivity contribution in [3.05, 3.63) is 18.2 Å². The van der Waals surface area contributed by atoms with Crippen LogP contribution in [0.25, 0.3) is 0 Å². The number of phenols is 1. The molecule has 0 aliphatic carbocycles. The third kappa shape index (κ3) is 3.24. The second kappa shape index (κ2) is 5.18. The Morgan fingerprint density at radius 2 is 2.21 bits per heavy atom. The van der Waals surface area contributed by atoms with Gasteiger partial charge in [-0.15, -0.1) is 0 Å². The Labute approximate surface area is 111 Å². The van der Waals surface area contributed by atoms with Crippen molar-refractivity contribution < 1.29 is 18.3 Å². The van der Waals surface area contributed by atoms with Crippen molar-refractivity contribution in [2.45, 2.75) is 23.8 Å². The highest BCUT2D eigenvalue weighted by atomic mass is 32.2. The maximum atomic E-state index is 11.9. The fourth-order valence-corrected chi connectivity index (χ4v) is 2.62. The second-order valence-electron chi connectivity index (χ2n) is 4.59. The standard InChI is InChI=1S/C12H16N2O4S/c1-19(17,18)8-4-5-11(15)10(7-8)14-12(16)9-3-2-6-13-9/h4-5,7,9,13,15H,2-3,6H2,1H3,(H,14,16)/t9-/m0/s1. The molecule has 2 rings (SSSR count). The van der Waals surface area contributed by atoms with Crippen molar-refractivity contribution >= 4 is 21.4 Å². The Morgan fingerprint density at radius 1 is 1.47 bits per heavy atom. The largest absolute Gasteiger partial charge is 0.506 e. The third-order valence-electron chi connectivity index (χ3n) is 3.03. The van der Waals surface area contributed by atoms with Gasteiger partial charge in [0.05, 0.1) is 16.6 Å². The molecule has 1 fully saturated rings. The fraction of sp³-hybridized carbons (Fsp3) is 0.417. The molecular weight excluding hydrogens is 268 g/mol. The third-order valence-corrected chi connectivity index (χ3v) is 4.14. The molecule has 1 heterocycles. The number of carbonyl (C=O) groups is 1. The van der Waals surface area contributed by atoms with Crippen LogP contribution in [0.3, 0.4) is 0 Å². The topological polar surface area (TPSA) is 95.5 Å². The summed E-state index contributed by atoms with van der Waals surface area (Å²) in [6, 6.07) is 3.53. The summed E-state index contributed by atoms with van der Waals surface area (Å²) < 4.78 is 22.9. The van der Waals surface area contributed by atoms with Crippen molar-refractivity contribution in [3.63, 3.8) is 0 Å². The van der Waals surface area contributed by atoms with Gasteiger partial charge in [0.15, 0.2) is 9.84 Å². The molecule has 0 saturated carbocycles. The molecule has 3 N–H and O–H groups in total. The molecule has 0 spiro atoms. The first-order valence-electron chi connectivity index (χ1n) is 5.95. The molecule has 0 radical (unpaired) electrons. The van der Waals surface area contributed by atoms with E-state index >= 15 is 0 Å². The molecule has 1 atom stereocenters. The molecule has 0 bridgehead atoms. The lowest BCUT2D eigenvalue weighted by molar-refractivity contribution is -0.117. The van der Waals surface area contributed by atoms with E-state index in [0.717, 1.165) is 25.6 Å². The summed E-state index contributed by atoms with van der Waals surface area (Å²) in [6.45, 7) is 0.785. The van der Waals surface area contributed by atoms with Gasteiger partial charge in [-0.25, -0.2) is 8.42 Å². The Bertz CT molecular complexity index is 592. The number of sulfone groups is 1. The lowest BCUT2D eigenvalue weighted by Gasteiger charge is -2.13. The summed E-state index contributed by atoms with van der Waals surface area (Å²) >= 11 is 0. The average Bonchev–Trinajstić information content (AvgIpc) is 2.84. The number of phenolic OH excluding ortho intramolecular Hbond substituents is 1. The van der Waals surface area contributed by atoms with Crippen molar-refractivity contribution in [2.75, 3.05) is 18.1 Å². The van der Waals surface area contributed by atoms with Crippen LogP contribution in [0.1, 0.15) is 12.8 Å². The normalized spacial score (nSPS) is 19.3. The van der Waals surface area contributed by atoms with E-state index < -0.39 is 9.84 Å². The van der Waals surface area contributed by atoms with Crippen LogP contribution in [0.15, 0.2) is 23.1 Å². The fourth-order valence-electron chi connectivity index (χ4n) is 1.97. The number of nitrogens with one attached hydrogen (secondary N) is 2. The highest BCUT2D eigenvalue weighted by Crippen LogP contribution is 2.26. The first kappa shape index (κ1) is 13.8. The number of benzene rings is 1. The molecule has 1 aromatic rings. The minimum absolute atomic E-state index is 0.0555. The Morgan fingerprint density at radius 3 is 2.79 bits per heavy atom. The van der Waals surface area contributed by atoms with E-state index in [-0.39, 0.29) is 28.3 Å². The molecule has 104 valence electrons. The summed E-state index contributed by atoms with van der Waals surface area (Å²) in [4.78, 5) is 11.9. The van der Waals surface area contributed by atoms with E-state index in [9.17, 15) is 18.3 Å². The number of hydrogen-bond acceptors (Lipinski definition) is 5. The van der Waals surface area contributed by atoms with Gasteiger partial charge in [-0.3, -0.25) is 4.79 Å². The van der Waals surface area contributed by atoms with E-state index in [0.29, 0.717) is 0 Å². The van der Waals surface area contributed by atoms with Gasteiger partial charge in [-0.2, -0.15) is 0 Å². The Balaban J connectivity index is 2.22. The maximum absolute atomic E-state index is 11.9.